The zero-order valence-electron chi connectivity index (χ0n) is 11.4. The molecular weight excluding hydrogens is 246 g/mol. The van der Waals surface area contributed by atoms with Crippen molar-refractivity contribution in [2.24, 2.45) is 7.05 Å². The van der Waals surface area contributed by atoms with Crippen LogP contribution in [0.1, 0.15) is 30.1 Å². The molecule has 0 saturated carbocycles. The number of nitrogens with zero attached hydrogens (tertiary/aromatic N) is 3. The highest BCUT2D eigenvalue weighted by Gasteiger charge is 2.14. The van der Waals surface area contributed by atoms with Gasteiger partial charge in [0.2, 0.25) is 0 Å². The Labute approximate surface area is 111 Å². The number of hydrogen-bond donors (Lipinski definition) is 0. The van der Waals surface area contributed by atoms with Crippen molar-refractivity contribution in [2.75, 3.05) is 19.6 Å². The third-order valence-electron chi connectivity index (χ3n) is 3.59. The van der Waals surface area contributed by atoms with Gasteiger partial charge in [0, 0.05) is 26.3 Å². The molecule has 1 aliphatic rings. The fourth-order valence-corrected chi connectivity index (χ4v) is 2.38. The lowest BCUT2D eigenvalue weighted by molar-refractivity contribution is 0.101. The maximum absolute atomic E-state index is 12.0. The van der Waals surface area contributed by atoms with Crippen LogP contribution in [0.25, 0.3) is 0 Å². The summed E-state index contributed by atoms with van der Waals surface area (Å²) in [5.41, 5.74) is -0.812. The van der Waals surface area contributed by atoms with Gasteiger partial charge in [-0.1, -0.05) is 0 Å². The Morgan fingerprint density at radius 1 is 1.21 bits per heavy atom. The van der Waals surface area contributed by atoms with E-state index >= 15 is 0 Å². The minimum absolute atomic E-state index is 0.0727. The molecule has 0 N–H and O–H groups in total. The van der Waals surface area contributed by atoms with Crippen LogP contribution < -0.4 is 11.2 Å². The van der Waals surface area contributed by atoms with Crippen LogP contribution >= 0.6 is 0 Å². The molecule has 0 atom stereocenters. The lowest BCUT2D eigenvalue weighted by atomic mass is 10.2. The van der Waals surface area contributed by atoms with Gasteiger partial charge in [-0.15, -0.1) is 0 Å². The van der Waals surface area contributed by atoms with Crippen molar-refractivity contribution in [3.05, 3.63) is 32.6 Å². The molecule has 104 valence electrons. The molecule has 0 aromatic carbocycles. The highest BCUT2D eigenvalue weighted by molar-refractivity contribution is 5.93. The Bertz CT molecular complexity index is 594. The summed E-state index contributed by atoms with van der Waals surface area (Å²) in [6.45, 7) is 4.73. The van der Waals surface area contributed by atoms with Gasteiger partial charge in [0.05, 0.1) is 5.56 Å². The summed E-state index contributed by atoms with van der Waals surface area (Å²) in [5.74, 6) is -0.310. The Kier molecular flexibility index (Phi) is 3.99. The van der Waals surface area contributed by atoms with Crippen LogP contribution in [0.15, 0.2) is 15.8 Å². The first-order valence-corrected chi connectivity index (χ1v) is 6.54. The van der Waals surface area contributed by atoms with Crippen LogP contribution in [0.5, 0.6) is 0 Å². The van der Waals surface area contributed by atoms with Crippen LogP contribution in [0.3, 0.4) is 0 Å². The molecule has 2 heterocycles. The number of Topliss-reactive ketones (excluding diaryl/α,β-unsaturated/α-hetero) is 1. The molecule has 1 saturated heterocycles. The summed E-state index contributed by atoms with van der Waals surface area (Å²) in [5, 5.41) is 0. The predicted molar refractivity (Wildman–Crippen MR) is 71.6 cm³/mol. The molecule has 19 heavy (non-hydrogen) atoms. The van der Waals surface area contributed by atoms with Crippen LogP contribution in [-0.2, 0) is 13.6 Å². The largest absolute Gasteiger partial charge is 0.330 e. The number of rotatable bonds is 4. The smallest absolute Gasteiger partial charge is 0.302 e. The number of ketones is 1. The summed E-state index contributed by atoms with van der Waals surface area (Å²) in [6, 6.07) is 0. The van der Waals surface area contributed by atoms with E-state index in [2.05, 4.69) is 4.90 Å². The van der Waals surface area contributed by atoms with Gasteiger partial charge in [0.15, 0.2) is 5.78 Å². The first-order valence-electron chi connectivity index (χ1n) is 6.54. The second-order valence-corrected chi connectivity index (χ2v) is 4.99. The topological polar surface area (TPSA) is 64.3 Å². The van der Waals surface area contributed by atoms with Crippen LogP contribution in [-0.4, -0.2) is 39.5 Å². The summed E-state index contributed by atoms with van der Waals surface area (Å²) in [6.07, 6.45) is 3.78. The first kappa shape index (κ1) is 13.7. The van der Waals surface area contributed by atoms with Crippen molar-refractivity contribution in [3.63, 3.8) is 0 Å². The van der Waals surface area contributed by atoms with E-state index < -0.39 is 5.56 Å². The van der Waals surface area contributed by atoms with E-state index in [4.69, 9.17) is 0 Å². The van der Waals surface area contributed by atoms with Gasteiger partial charge >= 0.3 is 5.69 Å². The number of likely N-dealkylation sites (tertiary alicyclic amines) is 1. The number of aromatic nitrogens is 2. The van der Waals surface area contributed by atoms with Crippen molar-refractivity contribution >= 4 is 5.78 Å². The molecule has 1 aromatic rings. The fraction of sp³-hybridized carbons (Fsp3) is 0.615. The maximum Gasteiger partial charge on any atom is 0.330 e. The standard InChI is InChI=1S/C13H19N3O3/c1-10(17)11-9-16(13(19)14(2)12(11)18)8-7-15-5-3-4-6-15/h9H,3-8H2,1-2H3. The van der Waals surface area contributed by atoms with Crippen LogP contribution in [0, 0.1) is 0 Å². The molecule has 6 nitrogen and oxygen atoms in total. The zero-order chi connectivity index (χ0) is 14.0. The third-order valence-corrected chi connectivity index (χ3v) is 3.59. The molecule has 2 rings (SSSR count). The van der Waals surface area contributed by atoms with Crippen molar-refractivity contribution in [3.8, 4) is 0 Å². The van der Waals surface area contributed by atoms with Gasteiger partial charge in [-0.25, -0.2) is 4.79 Å². The van der Waals surface area contributed by atoms with Crippen LogP contribution in [0.4, 0.5) is 0 Å². The second-order valence-electron chi connectivity index (χ2n) is 4.99. The third kappa shape index (κ3) is 2.84. The van der Waals surface area contributed by atoms with E-state index in [1.165, 1.54) is 37.6 Å². The van der Waals surface area contributed by atoms with Gasteiger partial charge < -0.3 is 4.90 Å². The predicted octanol–water partition coefficient (Wildman–Crippen LogP) is -0.155. The Hall–Kier alpha value is -1.69. The summed E-state index contributed by atoms with van der Waals surface area (Å²) in [4.78, 5) is 37.4. The van der Waals surface area contributed by atoms with Crippen LogP contribution in [0.2, 0.25) is 0 Å². The van der Waals surface area contributed by atoms with Gasteiger partial charge in [0.25, 0.3) is 5.56 Å². The summed E-state index contributed by atoms with van der Waals surface area (Å²) < 4.78 is 2.46. The van der Waals surface area contributed by atoms with Gasteiger partial charge in [-0.2, -0.15) is 0 Å². The minimum atomic E-state index is -0.519. The molecule has 0 aliphatic carbocycles. The number of carbonyl (C=O) groups is 1. The lowest BCUT2D eigenvalue weighted by Gasteiger charge is -2.16. The first-order chi connectivity index (χ1) is 9.00. The summed E-state index contributed by atoms with van der Waals surface area (Å²) >= 11 is 0. The molecule has 1 aromatic heterocycles. The average Bonchev–Trinajstić information content (AvgIpc) is 2.88. The molecule has 6 heteroatoms. The minimum Gasteiger partial charge on any atom is -0.302 e. The SMILES string of the molecule is CC(=O)c1cn(CCN2CCCC2)c(=O)n(C)c1=O. The van der Waals surface area contributed by atoms with Gasteiger partial charge in [-0.3, -0.25) is 18.7 Å². The van der Waals surface area contributed by atoms with E-state index in [1.54, 1.807) is 0 Å². The monoisotopic (exact) mass is 265 g/mol. The second kappa shape index (κ2) is 5.52. The van der Waals surface area contributed by atoms with E-state index in [1.807, 2.05) is 0 Å². The number of carbonyl (C=O) groups excluding carboxylic acids is 1. The molecule has 0 amide bonds. The van der Waals surface area contributed by atoms with E-state index in [0.29, 0.717) is 6.54 Å². The Balaban J connectivity index is 2.26. The molecule has 0 spiro atoms. The molecule has 1 fully saturated rings. The molecule has 0 radical (unpaired) electrons. The molecular formula is C13H19N3O3. The maximum atomic E-state index is 12.0. The van der Waals surface area contributed by atoms with E-state index in [-0.39, 0.29) is 17.0 Å². The average molecular weight is 265 g/mol. The van der Waals surface area contributed by atoms with Gasteiger partial charge in [-0.05, 0) is 32.9 Å². The Morgan fingerprint density at radius 3 is 2.42 bits per heavy atom. The van der Waals surface area contributed by atoms with E-state index in [0.717, 1.165) is 24.2 Å². The highest BCUT2D eigenvalue weighted by Crippen LogP contribution is 2.06. The molecule has 0 unspecified atom stereocenters. The normalized spacial score (nSPS) is 15.9. The van der Waals surface area contributed by atoms with E-state index in [9.17, 15) is 14.4 Å². The lowest BCUT2D eigenvalue weighted by Crippen LogP contribution is -2.41. The highest BCUT2D eigenvalue weighted by atomic mass is 16.2. The van der Waals surface area contributed by atoms with Gasteiger partial charge in [0.1, 0.15) is 0 Å². The molecule has 0 bridgehead atoms. The van der Waals surface area contributed by atoms with Crippen molar-refractivity contribution < 1.29 is 4.79 Å². The van der Waals surface area contributed by atoms with Crippen molar-refractivity contribution in [1.29, 1.82) is 0 Å². The number of hydrogen-bond acceptors (Lipinski definition) is 4. The summed E-state index contributed by atoms with van der Waals surface area (Å²) in [7, 11) is 1.41. The Morgan fingerprint density at radius 2 is 1.84 bits per heavy atom. The van der Waals surface area contributed by atoms with Crippen molar-refractivity contribution in [2.45, 2.75) is 26.3 Å². The van der Waals surface area contributed by atoms with Crippen molar-refractivity contribution in [1.82, 2.24) is 14.0 Å². The zero-order valence-corrected chi connectivity index (χ0v) is 11.4. The molecule has 1 aliphatic heterocycles. The quantitative estimate of drug-likeness (QED) is 0.710. The fourth-order valence-electron chi connectivity index (χ4n) is 2.38.